The predicted molar refractivity (Wildman–Crippen MR) is 130 cm³/mol. The van der Waals surface area contributed by atoms with E-state index in [4.69, 9.17) is 9.47 Å². The van der Waals surface area contributed by atoms with Gasteiger partial charge in [-0.2, -0.15) is 4.31 Å². The molecule has 3 saturated heterocycles. The fourth-order valence-electron chi connectivity index (χ4n) is 4.36. The Bertz CT molecular complexity index is 837. The van der Waals surface area contributed by atoms with Crippen LogP contribution in [0.3, 0.4) is 0 Å². The Morgan fingerprint density at radius 1 is 1.06 bits per heavy atom. The van der Waals surface area contributed by atoms with Gasteiger partial charge in [0.25, 0.3) is 0 Å². The van der Waals surface area contributed by atoms with E-state index in [1.165, 1.54) is 0 Å². The molecule has 174 valence electrons. The minimum absolute atomic E-state index is 0. The Labute approximate surface area is 202 Å². The lowest BCUT2D eigenvalue weighted by molar-refractivity contribution is -0.0817. The van der Waals surface area contributed by atoms with Crippen LogP contribution in [0.5, 0.6) is 0 Å². The molecule has 1 aromatic carbocycles. The number of ether oxygens (including phenoxy) is 2. The van der Waals surface area contributed by atoms with Gasteiger partial charge in [-0.15, -0.1) is 24.0 Å². The van der Waals surface area contributed by atoms with Crippen molar-refractivity contribution in [2.75, 3.05) is 46.4 Å². The van der Waals surface area contributed by atoms with Gasteiger partial charge in [0, 0.05) is 46.4 Å². The number of nitrogens with zero attached hydrogens (tertiary/aromatic N) is 3. The van der Waals surface area contributed by atoms with E-state index >= 15 is 0 Å². The summed E-state index contributed by atoms with van der Waals surface area (Å²) >= 11 is 0. The van der Waals surface area contributed by atoms with E-state index in [2.05, 4.69) is 15.2 Å². The van der Waals surface area contributed by atoms with E-state index in [1.54, 1.807) is 23.5 Å². The third kappa shape index (κ3) is 5.89. The van der Waals surface area contributed by atoms with Crippen LogP contribution in [0.15, 0.2) is 34.2 Å². The first-order chi connectivity index (χ1) is 14.6. The molecule has 0 bridgehead atoms. The number of guanidine groups is 1. The van der Waals surface area contributed by atoms with Crippen molar-refractivity contribution >= 4 is 40.0 Å². The van der Waals surface area contributed by atoms with Crippen LogP contribution >= 0.6 is 24.0 Å². The molecule has 3 heterocycles. The fraction of sp³-hybridized carbons (Fsp3) is 0.667. The third-order valence-electron chi connectivity index (χ3n) is 6.06. The summed E-state index contributed by atoms with van der Waals surface area (Å²) in [5, 5.41) is 3.40. The lowest BCUT2D eigenvalue weighted by atomic mass is 10.1. The van der Waals surface area contributed by atoms with Crippen LogP contribution < -0.4 is 5.32 Å². The molecule has 0 aliphatic carbocycles. The number of benzene rings is 1. The van der Waals surface area contributed by atoms with Crippen molar-refractivity contribution in [1.29, 1.82) is 0 Å². The number of hydrogen-bond donors (Lipinski definition) is 1. The molecule has 31 heavy (non-hydrogen) atoms. The van der Waals surface area contributed by atoms with Crippen molar-refractivity contribution in [3.8, 4) is 0 Å². The smallest absolute Gasteiger partial charge is 0.243 e. The van der Waals surface area contributed by atoms with Gasteiger partial charge in [0.05, 0.1) is 17.6 Å². The highest BCUT2D eigenvalue weighted by Gasteiger charge is 2.32. The summed E-state index contributed by atoms with van der Waals surface area (Å²) in [6, 6.07) is 7.15. The van der Waals surface area contributed by atoms with Crippen LogP contribution in [0.2, 0.25) is 0 Å². The Kier molecular flexibility index (Phi) is 8.97. The van der Waals surface area contributed by atoms with Gasteiger partial charge >= 0.3 is 0 Å². The molecule has 0 aromatic heterocycles. The van der Waals surface area contributed by atoms with Crippen LogP contribution in [-0.4, -0.2) is 82.2 Å². The standard InChI is InChI=1S/C21H32N4O4S.HI/c1-22-21(24-12-14-29-20(16-24)19-5-4-13-28-19)23-15-17-6-8-18(9-7-17)30(26,27)25-10-2-3-11-25;/h6-9,19-20H,2-5,10-16H2,1H3,(H,22,23);1H. The Morgan fingerprint density at radius 3 is 2.42 bits per heavy atom. The third-order valence-corrected chi connectivity index (χ3v) is 7.97. The van der Waals surface area contributed by atoms with Gasteiger partial charge in [0.15, 0.2) is 5.96 Å². The first kappa shape index (κ1) is 24.7. The highest BCUT2D eigenvalue weighted by molar-refractivity contribution is 14.0. The van der Waals surface area contributed by atoms with Crippen molar-refractivity contribution in [3.05, 3.63) is 29.8 Å². The summed E-state index contributed by atoms with van der Waals surface area (Å²) in [7, 11) is -1.59. The zero-order chi connectivity index (χ0) is 21.0. The molecule has 3 fully saturated rings. The van der Waals surface area contributed by atoms with Crippen LogP contribution in [0, 0.1) is 0 Å². The number of nitrogens with one attached hydrogen (secondary N) is 1. The van der Waals surface area contributed by atoms with Crippen molar-refractivity contribution < 1.29 is 17.9 Å². The van der Waals surface area contributed by atoms with E-state index in [-0.39, 0.29) is 36.2 Å². The SMILES string of the molecule is CN=C(NCc1ccc(S(=O)(=O)N2CCCC2)cc1)N1CCOC(C2CCCO2)C1.I. The van der Waals surface area contributed by atoms with Crippen molar-refractivity contribution in [3.63, 3.8) is 0 Å². The van der Waals surface area contributed by atoms with E-state index in [0.717, 1.165) is 56.9 Å². The molecule has 3 aliphatic heterocycles. The first-order valence-electron chi connectivity index (χ1n) is 10.9. The zero-order valence-electron chi connectivity index (χ0n) is 18.0. The average molecular weight is 564 g/mol. The molecule has 3 aliphatic rings. The average Bonchev–Trinajstić information content (AvgIpc) is 3.49. The molecule has 4 rings (SSSR count). The van der Waals surface area contributed by atoms with E-state index in [9.17, 15) is 8.42 Å². The normalized spacial score (nSPS) is 25.5. The number of halogens is 1. The highest BCUT2D eigenvalue weighted by Crippen LogP contribution is 2.22. The number of hydrogen-bond acceptors (Lipinski definition) is 5. The molecule has 0 amide bonds. The van der Waals surface area contributed by atoms with Gasteiger partial charge in [-0.25, -0.2) is 8.42 Å². The van der Waals surface area contributed by atoms with Crippen LogP contribution in [-0.2, 0) is 26.0 Å². The molecule has 2 atom stereocenters. The minimum atomic E-state index is -3.37. The Balaban J connectivity index is 0.00000272. The van der Waals surface area contributed by atoms with E-state index in [0.29, 0.717) is 31.1 Å². The molecule has 2 unspecified atom stereocenters. The van der Waals surface area contributed by atoms with Gasteiger partial charge in [-0.3, -0.25) is 4.99 Å². The Hall–Kier alpha value is -0.950. The molecule has 1 N–H and O–H groups in total. The number of sulfonamides is 1. The van der Waals surface area contributed by atoms with Crippen LogP contribution in [0.25, 0.3) is 0 Å². The van der Waals surface area contributed by atoms with Crippen LogP contribution in [0.4, 0.5) is 0 Å². The summed E-state index contributed by atoms with van der Waals surface area (Å²) in [5.41, 5.74) is 1.01. The largest absolute Gasteiger partial charge is 0.375 e. The molecule has 1 aromatic rings. The molecular formula is C21H33IN4O4S. The summed E-state index contributed by atoms with van der Waals surface area (Å²) in [6.07, 6.45) is 4.29. The summed E-state index contributed by atoms with van der Waals surface area (Å²) < 4.78 is 38.6. The molecule has 0 radical (unpaired) electrons. The second-order valence-corrected chi connectivity index (χ2v) is 10.0. The number of rotatable bonds is 5. The second kappa shape index (κ2) is 11.3. The van der Waals surface area contributed by atoms with Gasteiger partial charge in [-0.05, 0) is 43.4 Å². The molecule has 8 nitrogen and oxygen atoms in total. The fourth-order valence-corrected chi connectivity index (χ4v) is 5.88. The number of morpholine rings is 1. The van der Waals surface area contributed by atoms with Crippen molar-refractivity contribution in [2.45, 2.75) is 49.3 Å². The number of aliphatic imine (C=N–C) groups is 1. The van der Waals surface area contributed by atoms with E-state index in [1.807, 2.05) is 12.1 Å². The lowest BCUT2D eigenvalue weighted by Crippen LogP contribution is -2.53. The van der Waals surface area contributed by atoms with E-state index < -0.39 is 10.0 Å². The van der Waals surface area contributed by atoms with Gasteiger partial charge < -0.3 is 19.7 Å². The molecular weight excluding hydrogens is 531 g/mol. The Morgan fingerprint density at radius 2 is 1.77 bits per heavy atom. The molecule has 0 saturated carbocycles. The maximum absolute atomic E-state index is 12.7. The van der Waals surface area contributed by atoms with Gasteiger partial charge in [-0.1, -0.05) is 12.1 Å². The zero-order valence-corrected chi connectivity index (χ0v) is 21.2. The highest BCUT2D eigenvalue weighted by atomic mass is 127. The minimum Gasteiger partial charge on any atom is -0.375 e. The quantitative estimate of drug-likeness (QED) is 0.335. The summed E-state index contributed by atoms with van der Waals surface area (Å²) in [6.45, 7) is 4.85. The van der Waals surface area contributed by atoms with Crippen molar-refractivity contribution in [1.82, 2.24) is 14.5 Å². The van der Waals surface area contributed by atoms with Gasteiger partial charge in [0.1, 0.15) is 6.10 Å². The predicted octanol–water partition coefficient (Wildman–Crippen LogP) is 2.04. The molecule has 0 spiro atoms. The van der Waals surface area contributed by atoms with Gasteiger partial charge in [0.2, 0.25) is 10.0 Å². The molecule has 10 heteroatoms. The second-order valence-electron chi connectivity index (χ2n) is 8.06. The monoisotopic (exact) mass is 564 g/mol. The maximum Gasteiger partial charge on any atom is 0.243 e. The first-order valence-corrected chi connectivity index (χ1v) is 12.3. The summed E-state index contributed by atoms with van der Waals surface area (Å²) in [4.78, 5) is 7.01. The van der Waals surface area contributed by atoms with Crippen molar-refractivity contribution in [2.24, 2.45) is 4.99 Å². The van der Waals surface area contributed by atoms with Crippen LogP contribution in [0.1, 0.15) is 31.2 Å². The maximum atomic E-state index is 12.7. The lowest BCUT2D eigenvalue weighted by Gasteiger charge is -2.37. The summed E-state index contributed by atoms with van der Waals surface area (Å²) in [5.74, 6) is 0.829. The topological polar surface area (TPSA) is 83.5 Å².